The van der Waals surface area contributed by atoms with Gasteiger partial charge in [0, 0.05) is 22.9 Å². The molecule has 0 aliphatic carbocycles. The number of nitrogen functional groups attached to an aromatic ring is 1. The molecule has 0 spiro atoms. The van der Waals surface area contributed by atoms with Crippen LogP contribution in [0.1, 0.15) is 0 Å². The average molecular weight is 332 g/mol. The maximum Gasteiger partial charge on any atom is 0.212 e. The minimum atomic E-state index is -3.31. The summed E-state index contributed by atoms with van der Waals surface area (Å²) >= 11 is 1.44. The third kappa shape index (κ3) is 5.84. The molecule has 1 heterocycles. The maximum absolute atomic E-state index is 11.9. The topological polar surface area (TPSA) is 90.7 Å². The van der Waals surface area contributed by atoms with E-state index in [1.165, 1.54) is 11.8 Å². The summed E-state index contributed by atoms with van der Waals surface area (Å²) in [7, 11) is -3.31. The van der Waals surface area contributed by atoms with E-state index in [9.17, 15) is 8.42 Å². The lowest BCUT2D eigenvalue weighted by molar-refractivity contribution is -0.0846. The molecular formula is C13H20N2O4S2. The molecule has 0 saturated carbocycles. The molecule has 3 N–H and O–H groups in total. The molecule has 0 radical (unpaired) electrons. The lowest BCUT2D eigenvalue weighted by Gasteiger charge is -2.23. The summed E-state index contributed by atoms with van der Waals surface area (Å²) in [4.78, 5) is 0.900. The van der Waals surface area contributed by atoms with Crippen molar-refractivity contribution in [1.29, 1.82) is 0 Å². The second-order valence-electron chi connectivity index (χ2n) is 4.62. The van der Waals surface area contributed by atoms with Gasteiger partial charge in [0.25, 0.3) is 0 Å². The molecule has 1 aromatic carbocycles. The lowest BCUT2D eigenvalue weighted by atomic mass is 10.3. The van der Waals surface area contributed by atoms with Gasteiger partial charge in [-0.1, -0.05) is 12.1 Å². The second-order valence-corrected chi connectivity index (χ2v) is 7.68. The molecule has 21 heavy (non-hydrogen) atoms. The van der Waals surface area contributed by atoms with E-state index in [4.69, 9.17) is 15.2 Å². The summed E-state index contributed by atoms with van der Waals surface area (Å²) in [6.45, 7) is 1.76. The smallest absolute Gasteiger partial charge is 0.212 e. The van der Waals surface area contributed by atoms with Crippen molar-refractivity contribution in [2.75, 3.05) is 43.6 Å². The Morgan fingerprint density at radius 3 is 2.86 bits per heavy atom. The van der Waals surface area contributed by atoms with Gasteiger partial charge in [-0.05, 0) is 12.1 Å². The first-order chi connectivity index (χ1) is 10.1. The highest BCUT2D eigenvalue weighted by atomic mass is 32.2. The summed E-state index contributed by atoms with van der Waals surface area (Å²) in [6, 6.07) is 7.42. The first-order valence-electron chi connectivity index (χ1n) is 6.71. The number of rotatable bonds is 7. The van der Waals surface area contributed by atoms with Crippen LogP contribution in [0, 0.1) is 0 Å². The minimum Gasteiger partial charge on any atom is -0.398 e. The fourth-order valence-electron chi connectivity index (χ4n) is 1.82. The van der Waals surface area contributed by atoms with Crippen molar-refractivity contribution in [2.45, 2.75) is 11.0 Å². The quantitative estimate of drug-likeness (QED) is 0.564. The van der Waals surface area contributed by atoms with Crippen molar-refractivity contribution in [3.8, 4) is 0 Å². The number of ether oxygens (including phenoxy) is 2. The lowest BCUT2D eigenvalue weighted by Crippen LogP contribution is -2.40. The molecule has 1 aliphatic rings. The van der Waals surface area contributed by atoms with E-state index in [2.05, 4.69) is 4.72 Å². The molecular weight excluding hydrogens is 312 g/mol. The number of nitrogens with two attached hydrogens (primary N) is 1. The van der Waals surface area contributed by atoms with Crippen molar-refractivity contribution in [2.24, 2.45) is 0 Å². The summed E-state index contributed by atoms with van der Waals surface area (Å²) in [5, 5.41) is 0. The van der Waals surface area contributed by atoms with Crippen LogP contribution >= 0.6 is 11.8 Å². The summed E-state index contributed by atoms with van der Waals surface area (Å²) in [5.74, 6) is 0.491. The largest absolute Gasteiger partial charge is 0.398 e. The van der Waals surface area contributed by atoms with Crippen molar-refractivity contribution < 1.29 is 17.9 Å². The van der Waals surface area contributed by atoms with E-state index in [1.807, 2.05) is 18.2 Å². The van der Waals surface area contributed by atoms with E-state index in [0.717, 1.165) is 4.90 Å². The van der Waals surface area contributed by atoms with Crippen LogP contribution in [0.5, 0.6) is 0 Å². The van der Waals surface area contributed by atoms with Gasteiger partial charge in [-0.2, -0.15) is 0 Å². The minimum absolute atomic E-state index is 0.0412. The van der Waals surface area contributed by atoms with E-state index in [1.54, 1.807) is 6.07 Å². The Morgan fingerprint density at radius 2 is 2.14 bits per heavy atom. The number of thioether (sulfide) groups is 1. The predicted molar refractivity (Wildman–Crippen MR) is 83.9 cm³/mol. The Balaban J connectivity index is 1.72. The summed E-state index contributed by atoms with van der Waals surface area (Å²) < 4.78 is 37.0. The Morgan fingerprint density at radius 1 is 1.33 bits per heavy atom. The number of hydrogen-bond donors (Lipinski definition) is 2. The van der Waals surface area contributed by atoms with Gasteiger partial charge in [0.05, 0.1) is 31.7 Å². The van der Waals surface area contributed by atoms with E-state index >= 15 is 0 Å². The highest BCUT2D eigenvalue weighted by Crippen LogP contribution is 2.24. The number of hydrogen-bond acceptors (Lipinski definition) is 6. The van der Waals surface area contributed by atoms with Gasteiger partial charge in [-0.3, -0.25) is 0 Å². The number of benzene rings is 1. The Kier molecular flexibility index (Phi) is 6.31. The fraction of sp³-hybridized carbons (Fsp3) is 0.538. The molecule has 118 valence electrons. The van der Waals surface area contributed by atoms with Crippen LogP contribution in [0.4, 0.5) is 5.69 Å². The van der Waals surface area contributed by atoms with Gasteiger partial charge in [0.1, 0.15) is 0 Å². The SMILES string of the molecule is Nc1ccccc1SCCS(=O)(=O)NCC1COCCO1. The zero-order valence-electron chi connectivity index (χ0n) is 11.7. The second kappa shape index (κ2) is 8.00. The van der Waals surface area contributed by atoms with Crippen LogP contribution in [-0.2, 0) is 19.5 Å². The van der Waals surface area contributed by atoms with Gasteiger partial charge in [-0.25, -0.2) is 13.1 Å². The Bertz CT molecular complexity index is 545. The summed E-state index contributed by atoms with van der Waals surface area (Å²) in [6.07, 6.45) is -0.203. The molecule has 0 aromatic heterocycles. The fourth-order valence-corrected chi connectivity index (χ4v) is 4.24. The number of sulfonamides is 1. The normalized spacial score (nSPS) is 19.5. The molecule has 2 rings (SSSR count). The maximum atomic E-state index is 11.9. The van der Waals surface area contributed by atoms with Gasteiger partial charge in [0.2, 0.25) is 10.0 Å². The Labute approximate surface area is 129 Å². The van der Waals surface area contributed by atoms with Crippen LogP contribution in [-0.4, -0.2) is 52.4 Å². The highest BCUT2D eigenvalue weighted by Gasteiger charge is 2.18. The van der Waals surface area contributed by atoms with Crippen molar-refractivity contribution in [3.63, 3.8) is 0 Å². The predicted octanol–water partition coefficient (Wildman–Crippen LogP) is 0.696. The zero-order chi connectivity index (χ0) is 15.1. The molecule has 1 aromatic rings. The molecule has 1 aliphatic heterocycles. The van der Waals surface area contributed by atoms with Crippen molar-refractivity contribution in [1.82, 2.24) is 4.72 Å². The Hall–Kier alpha value is -0.800. The average Bonchev–Trinajstić information content (AvgIpc) is 2.48. The molecule has 0 bridgehead atoms. The standard InChI is InChI=1S/C13H20N2O4S2/c14-12-3-1-2-4-13(12)20-7-8-21(16,17)15-9-11-10-18-5-6-19-11/h1-4,11,15H,5-10,14H2. The van der Waals surface area contributed by atoms with Crippen molar-refractivity contribution >= 4 is 27.5 Å². The molecule has 1 atom stereocenters. The molecule has 0 amide bonds. The molecule has 1 fully saturated rings. The number of anilines is 1. The highest BCUT2D eigenvalue weighted by molar-refractivity contribution is 8.00. The van der Waals surface area contributed by atoms with Crippen LogP contribution in [0.2, 0.25) is 0 Å². The van der Waals surface area contributed by atoms with Crippen LogP contribution in [0.15, 0.2) is 29.2 Å². The molecule has 1 saturated heterocycles. The molecule has 8 heteroatoms. The van der Waals surface area contributed by atoms with Crippen LogP contribution < -0.4 is 10.5 Å². The van der Waals surface area contributed by atoms with Gasteiger partial charge in [-0.15, -0.1) is 11.8 Å². The van der Waals surface area contributed by atoms with Gasteiger partial charge in [0.15, 0.2) is 0 Å². The van der Waals surface area contributed by atoms with Gasteiger partial charge < -0.3 is 15.2 Å². The molecule has 1 unspecified atom stereocenters. The van der Waals surface area contributed by atoms with E-state index < -0.39 is 10.0 Å². The molecule has 6 nitrogen and oxygen atoms in total. The zero-order valence-corrected chi connectivity index (χ0v) is 13.3. The monoisotopic (exact) mass is 332 g/mol. The van der Waals surface area contributed by atoms with Crippen molar-refractivity contribution in [3.05, 3.63) is 24.3 Å². The van der Waals surface area contributed by atoms with Gasteiger partial charge >= 0.3 is 0 Å². The van der Waals surface area contributed by atoms with E-state index in [0.29, 0.717) is 31.3 Å². The third-order valence-electron chi connectivity index (χ3n) is 2.94. The number of nitrogens with one attached hydrogen (secondary N) is 1. The van der Waals surface area contributed by atoms with E-state index in [-0.39, 0.29) is 18.4 Å². The van der Waals surface area contributed by atoms with Crippen LogP contribution in [0.25, 0.3) is 0 Å². The summed E-state index contributed by atoms with van der Waals surface area (Å²) in [5.41, 5.74) is 6.48. The number of para-hydroxylation sites is 1. The van der Waals surface area contributed by atoms with Crippen LogP contribution in [0.3, 0.4) is 0 Å². The first kappa shape index (κ1) is 16.6. The first-order valence-corrected chi connectivity index (χ1v) is 9.34. The third-order valence-corrected chi connectivity index (χ3v) is 5.64.